The summed E-state index contributed by atoms with van der Waals surface area (Å²) in [5, 5.41) is 2.49. The maximum absolute atomic E-state index is 5.15. The molecule has 2 aromatic carbocycles. The van der Waals surface area contributed by atoms with Crippen molar-refractivity contribution < 1.29 is 4.74 Å². The van der Waals surface area contributed by atoms with Gasteiger partial charge in [0.1, 0.15) is 5.75 Å². The maximum Gasteiger partial charge on any atom is 0.119 e. The number of benzene rings is 2. The van der Waals surface area contributed by atoms with E-state index in [1.165, 1.54) is 22.8 Å². The third-order valence-corrected chi connectivity index (χ3v) is 2.20. The summed E-state index contributed by atoms with van der Waals surface area (Å²) in [6.07, 6.45) is 1.25. The fraction of sp³-hybridized carbons (Fsp3) is 0.412. The molecular weight excluding hydrogens is 220 g/mol. The van der Waals surface area contributed by atoms with Crippen LogP contribution in [0.15, 0.2) is 36.4 Å². The smallest absolute Gasteiger partial charge is 0.119 e. The first kappa shape index (κ1) is 16.5. The van der Waals surface area contributed by atoms with Gasteiger partial charge in [-0.3, -0.25) is 0 Å². The van der Waals surface area contributed by atoms with Crippen molar-refractivity contribution in [1.82, 2.24) is 0 Å². The molecule has 100 valence electrons. The largest absolute Gasteiger partial charge is 0.497 e. The number of ether oxygens (including phenoxy) is 1. The van der Waals surface area contributed by atoms with Crippen LogP contribution < -0.4 is 4.74 Å². The maximum atomic E-state index is 5.15. The highest BCUT2D eigenvalue weighted by Gasteiger charge is 1.95. The van der Waals surface area contributed by atoms with E-state index in [2.05, 4.69) is 51.1 Å². The molecule has 0 aliphatic heterocycles. The summed E-state index contributed by atoms with van der Waals surface area (Å²) >= 11 is 0. The molecule has 0 aliphatic rings. The minimum Gasteiger partial charge on any atom is -0.497 e. The van der Waals surface area contributed by atoms with E-state index in [0.717, 1.165) is 5.75 Å². The van der Waals surface area contributed by atoms with Crippen molar-refractivity contribution >= 4 is 10.8 Å². The van der Waals surface area contributed by atoms with Gasteiger partial charge < -0.3 is 4.74 Å². The van der Waals surface area contributed by atoms with Gasteiger partial charge in [-0.25, -0.2) is 0 Å². The number of fused-ring (bicyclic) bond motifs is 1. The van der Waals surface area contributed by atoms with E-state index in [9.17, 15) is 0 Å². The lowest BCUT2D eigenvalue weighted by molar-refractivity contribution is 0.415. The summed E-state index contributed by atoms with van der Waals surface area (Å²) in [5.74, 6) is 0.913. The Morgan fingerprint density at radius 3 is 1.94 bits per heavy atom. The summed E-state index contributed by atoms with van der Waals surface area (Å²) in [6.45, 7) is 10.4. The molecule has 0 heterocycles. The van der Waals surface area contributed by atoms with Gasteiger partial charge in [0.2, 0.25) is 0 Å². The first-order valence-electron chi connectivity index (χ1n) is 6.75. The van der Waals surface area contributed by atoms with E-state index in [0.29, 0.717) is 0 Å². The standard InChI is InChI=1S/C12H12O.C3H8.C2H6/c1-9-3-4-11-8-12(13-2)6-5-10(11)7-9;1-3-2;1-2/h3-8H,1-2H3;3H2,1-2H3;1-2H3. The highest BCUT2D eigenvalue weighted by molar-refractivity contribution is 5.84. The van der Waals surface area contributed by atoms with Crippen LogP contribution in [-0.2, 0) is 0 Å². The Hall–Kier alpha value is -1.50. The lowest BCUT2D eigenvalue weighted by Gasteiger charge is -2.02. The highest BCUT2D eigenvalue weighted by Crippen LogP contribution is 2.21. The van der Waals surface area contributed by atoms with Crippen LogP contribution in [0.1, 0.15) is 39.7 Å². The van der Waals surface area contributed by atoms with Crippen molar-refractivity contribution in [3.05, 3.63) is 42.0 Å². The van der Waals surface area contributed by atoms with Crippen molar-refractivity contribution in [2.75, 3.05) is 7.11 Å². The van der Waals surface area contributed by atoms with Crippen LogP contribution in [0.25, 0.3) is 10.8 Å². The predicted octanol–water partition coefficient (Wildman–Crippen LogP) is 5.60. The molecule has 0 bridgehead atoms. The third kappa shape index (κ3) is 5.22. The van der Waals surface area contributed by atoms with E-state index in [4.69, 9.17) is 4.74 Å². The molecule has 0 saturated heterocycles. The van der Waals surface area contributed by atoms with E-state index in [1.54, 1.807) is 7.11 Å². The molecule has 0 spiro atoms. The molecular formula is C17H26O. The topological polar surface area (TPSA) is 9.23 Å². The highest BCUT2D eigenvalue weighted by atomic mass is 16.5. The van der Waals surface area contributed by atoms with Gasteiger partial charge in [0.25, 0.3) is 0 Å². The lowest BCUT2D eigenvalue weighted by atomic mass is 10.1. The summed E-state index contributed by atoms with van der Waals surface area (Å²) in [4.78, 5) is 0. The molecule has 0 amide bonds. The van der Waals surface area contributed by atoms with Gasteiger partial charge in [-0.15, -0.1) is 0 Å². The fourth-order valence-corrected chi connectivity index (χ4v) is 1.47. The van der Waals surface area contributed by atoms with Gasteiger partial charge in [-0.05, 0) is 29.8 Å². The Bertz CT molecular complexity index is 446. The van der Waals surface area contributed by atoms with Gasteiger partial charge in [0.15, 0.2) is 0 Å². The first-order valence-corrected chi connectivity index (χ1v) is 6.75. The van der Waals surface area contributed by atoms with Gasteiger partial charge in [0.05, 0.1) is 7.11 Å². The van der Waals surface area contributed by atoms with Crippen LogP contribution in [0.4, 0.5) is 0 Å². The second kappa shape index (κ2) is 9.52. The average molecular weight is 246 g/mol. The predicted molar refractivity (Wildman–Crippen MR) is 82.6 cm³/mol. The van der Waals surface area contributed by atoms with Crippen LogP contribution in [0.5, 0.6) is 5.75 Å². The number of hydrogen-bond donors (Lipinski definition) is 0. The molecule has 18 heavy (non-hydrogen) atoms. The van der Waals surface area contributed by atoms with Gasteiger partial charge in [-0.1, -0.05) is 63.9 Å². The summed E-state index contributed by atoms with van der Waals surface area (Å²) in [7, 11) is 1.69. The number of rotatable bonds is 1. The zero-order valence-corrected chi connectivity index (χ0v) is 12.6. The second-order valence-electron chi connectivity index (χ2n) is 3.92. The molecule has 0 aromatic heterocycles. The molecule has 0 atom stereocenters. The zero-order valence-electron chi connectivity index (χ0n) is 12.6. The minimum atomic E-state index is 0.913. The number of hydrogen-bond acceptors (Lipinski definition) is 1. The van der Waals surface area contributed by atoms with Crippen molar-refractivity contribution in [3.8, 4) is 5.75 Å². The van der Waals surface area contributed by atoms with Crippen molar-refractivity contribution in [1.29, 1.82) is 0 Å². The molecule has 0 saturated carbocycles. The number of methoxy groups -OCH3 is 1. The average Bonchev–Trinajstić information content (AvgIpc) is 2.41. The van der Waals surface area contributed by atoms with Gasteiger partial charge >= 0.3 is 0 Å². The molecule has 2 rings (SSSR count). The Balaban J connectivity index is 0.000000509. The Morgan fingerprint density at radius 2 is 1.39 bits per heavy atom. The molecule has 2 aromatic rings. The van der Waals surface area contributed by atoms with E-state index in [1.807, 2.05) is 19.9 Å². The number of aryl methyl sites for hydroxylation is 1. The molecule has 0 aliphatic carbocycles. The van der Waals surface area contributed by atoms with Crippen LogP contribution >= 0.6 is 0 Å². The second-order valence-corrected chi connectivity index (χ2v) is 3.92. The van der Waals surface area contributed by atoms with Crippen molar-refractivity contribution in [2.45, 2.75) is 41.0 Å². The Labute approximate surface area is 112 Å². The van der Waals surface area contributed by atoms with Gasteiger partial charge in [0, 0.05) is 0 Å². The zero-order chi connectivity index (χ0) is 14.0. The fourth-order valence-electron chi connectivity index (χ4n) is 1.47. The molecule has 1 heteroatoms. The molecule has 0 N–H and O–H groups in total. The molecule has 0 unspecified atom stereocenters. The van der Waals surface area contributed by atoms with Crippen LogP contribution in [0.2, 0.25) is 0 Å². The summed E-state index contributed by atoms with van der Waals surface area (Å²) in [5.41, 5.74) is 1.29. The summed E-state index contributed by atoms with van der Waals surface area (Å²) < 4.78 is 5.15. The minimum absolute atomic E-state index is 0.913. The molecule has 1 nitrogen and oxygen atoms in total. The Morgan fingerprint density at radius 1 is 0.889 bits per heavy atom. The molecule has 0 fully saturated rings. The Kier molecular flexibility index (Phi) is 8.73. The molecule has 0 radical (unpaired) electrons. The quantitative estimate of drug-likeness (QED) is 0.636. The van der Waals surface area contributed by atoms with Crippen molar-refractivity contribution in [3.63, 3.8) is 0 Å². The van der Waals surface area contributed by atoms with E-state index < -0.39 is 0 Å². The summed E-state index contributed by atoms with van der Waals surface area (Å²) in [6, 6.07) is 12.5. The lowest BCUT2D eigenvalue weighted by Crippen LogP contribution is -1.82. The van der Waals surface area contributed by atoms with Crippen LogP contribution in [0.3, 0.4) is 0 Å². The van der Waals surface area contributed by atoms with Crippen LogP contribution in [0, 0.1) is 6.92 Å². The van der Waals surface area contributed by atoms with Crippen LogP contribution in [-0.4, -0.2) is 7.11 Å². The van der Waals surface area contributed by atoms with Crippen molar-refractivity contribution in [2.24, 2.45) is 0 Å². The SMILES string of the molecule is CC.CCC.COc1ccc2cc(C)ccc2c1. The normalized spacial score (nSPS) is 8.78. The first-order chi connectivity index (χ1) is 8.71. The van der Waals surface area contributed by atoms with Gasteiger partial charge in [-0.2, -0.15) is 0 Å². The monoisotopic (exact) mass is 246 g/mol. The third-order valence-electron chi connectivity index (χ3n) is 2.20. The van der Waals surface area contributed by atoms with E-state index in [-0.39, 0.29) is 0 Å². The van der Waals surface area contributed by atoms with E-state index >= 15 is 0 Å².